The van der Waals surface area contributed by atoms with E-state index in [1.54, 1.807) is 0 Å². The molecule has 0 saturated carbocycles. The Labute approximate surface area is 113 Å². The van der Waals surface area contributed by atoms with Gasteiger partial charge >= 0.3 is 6.18 Å². The number of alkyl halides is 3. The average molecular weight is 318 g/mol. The third-order valence-electron chi connectivity index (χ3n) is 2.27. The fourth-order valence-electron chi connectivity index (χ4n) is 1.35. The molecule has 1 aromatic rings. The summed E-state index contributed by atoms with van der Waals surface area (Å²) in [5.41, 5.74) is 0.239. The Morgan fingerprint density at radius 3 is 2.42 bits per heavy atom. The number of rotatable bonds is 4. The highest BCUT2D eigenvalue weighted by Crippen LogP contribution is 2.27. The molecule has 19 heavy (non-hydrogen) atoms. The van der Waals surface area contributed by atoms with Crippen LogP contribution in [-0.4, -0.2) is 37.6 Å². The van der Waals surface area contributed by atoms with E-state index in [2.05, 4.69) is 0 Å². The Morgan fingerprint density at radius 1 is 1.37 bits per heavy atom. The van der Waals surface area contributed by atoms with Gasteiger partial charge in [-0.1, -0.05) is 17.7 Å². The van der Waals surface area contributed by atoms with Crippen molar-refractivity contribution < 1.29 is 26.7 Å². The zero-order valence-electron chi connectivity index (χ0n) is 9.78. The van der Waals surface area contributed by atoms with Crippen LogP contribution < -0.4 is 0 Å². The quantitative estimate of drug-likeness (QED) is 0.924. The molecule has 0 radical (unpaired) electrons. The van der Waals surface area contributed by atoms with Crippen LogP contribution in [0.2, 0.25) is 5.02 Å². The van der Waals surface area contributed by atoms with E-state index in [4.69, 9.17) is 16.7 Å². The van der Waals surface area contributed by atoms with Crippen molar-refractivity contribution in [2.45, 2.75) is 17.7 Å². The number of hydrogen-bond donors (Lipinski definition) is 1. The summed E-state index contributed by atoms with van der Waals surface area (Å²) in [7, 11) is -3.55. The summed E-state index contributed by atoms with van der Waals surface area (Å²) < 4.78 is 60.7. The van der Waals surface area contributed by atoms with E-state index in [1.807, 2.05) is 0 Å². The van der Waals surface area contributed by atoms with Crippen LogP contribution >= 0.6 is 11.6 Å². The average Bonchev–Trinajstić information content (AvgIpc) is 2.27. The minimum absolute atomic E-state index is 0.162. The van der Waals surface area contributed by atoms with Crippen LogP contribution in [0.25, 0.3) is 0 Å². The van der Waals surface area contributed by atoms with E-state index < -0.39 is 34.2 Å². The Morgan fingerprint density at radius 2 is 1.95 bits per heavy atom. The Hall–Kier alpha value is -0.830. The number of nitrogens with zero attached hydrogens (tertiary/aromatic N) is 1. The second kappa shape index (κ2) is 5.66. The van der Waals surface area contributed by atoms with Crippen LogP contribution in [0.3, 0.4) is 0 Å². The summed E-state index contributed by atoms with van der Waals surface area (Å²) in [4.78, 5) is -0.465. The van der Waals surface area contributed by atoms with Gasteiger partial charge < -0.3 is 5.11 Å². The lowest BCUT2D eigenvalue weighted by Crippen LogP contribution is -2.36. The first-order chi connectivity index (χ1) is 8.58. The predicted octanol–water partition coefficient (Wildman–Crippen LogP) is 2.02. The molecule has 0 aliphatic heterocycles. The van der Waals surface area contributed by atoms with Crippen LogP contribution in [0, 0.1) is 0 Å². The Bertz CT molecular complexity index is 560. The monoisotopic (exact) mass is 317 g/mol. The molecule has 0 amide bonds. The van der Waals surface area contributed by atoms with E-state index >= 15 is 0 Å². The molecule has 0 unspecified atom stereocenters. The third-order valence-corrected chi connectivity index (χ3v) is 4.55. The van der Waals surface area contributed by atoms with Crippen LogP contribution in [-0.2, 0) is 16.6 Å². The number of hydrogen-bond acceptors (Lipinski definition) is 3. The van der Waals surface area contributed by atoms with Gasteiger partial charge in [-0.3, -0.25) is 0 Å². The second-order valence-electron chi connectivity index (χ2n) is 3.80. The first kappa shape index (κ1) is 16.2. The van der Waals surface area contributed by atoms with E-state index in [-0.39, 0.29) is 14.9 Å². The lowest BCUT2D eigenvalue weighted by Gasteiger charge is -2.19. The van der Waals surface area contributed by atoms with Gasteiger partial charge in [-0.25, -0.2) is 8.42 Å². The molecule has 1 aromatic carbocycles. The highest BCUT2D eigenvalue weighted by atomic mass is 35.5. The van der Waals surface area contributed by atoms with E-state index in [9.17, 15) is 21.6 Å². The summed E-state index contributed by atoms with van der Waals surface area (Å²) in [5.74, 6) is 0. The molecule has 9 heteroatoms. The number of sulfonamides is 1. The normalized spacial score (nSPS) is 13.0. The molecule has 0 fully saturated rings. The van der Waals surface area contributed by atoms with Gasteiger partial charge in [-0.2, -0.15) is 17.5 Å². The van der Waals surface area contributed by atoms with Gasteiger partial charge in [0, 0.05) is 7.05 Å². The smallest absolute Gasteiger partial charge is 0.392 e. The third kappa shape index (κ3) is 4.07. The minimum atomic E-state index is -4.65. The van der Waals surface area contributed by atoms with Crippen LogP contribution in [0.15, 0.2) is 23.1 Å². The van der Waals surface area contributed by atoms with Crippen LogP contribution in [0.5, 0.6) is 0 Å². The summed E-state index contributed by atoms with van der Waals surface area (Å²) in [6.07, 6.45) is -4.65. The van der Waals surface area contributed by atoms with Crippen molar-refractivity contribution in [3.8, 4) is 0 Å². The predicted molar refractivity (Wildman–Crippen MR) is 63.2 cm³/mol. The molecule has 108 valence electrons. The van der Waals surface area contributed by atoms with Gasteiger partial charge in [-0.05, 0) is 17.7 Å². The fraction of sp³-hybridized carbons (Fsp3) is 0.400. The second-order valence-corrected chi connectivity index (χ2v) is 6.22. The molecule has 0 aliphatic rings. The van der Waals surface area contributed by atoms with Crippen LogP contribution in [0.1, 0.15) is 5.56 Å². The maximum absolute atomic E-state index is 12.2. The molecule has 0 aliphatic carbocycles. The molecule has 0 heterocycles. The molecule has 0 aromatic heterocycles. The Kier molecular flexibility index (Phi) is 4.83. The number of halogens is 4. The molecule has 1 N–H and O–H groups in total. The summed E-state index contributed by atoms with van der Waals surface area (Å²) >= 11 is 5.68. The zero-order chi connectivity index (χ0) is 14.8. The van der Waals surface area contributed by atoms with Gasteiger partial charge in [0.05, 0.1) is 11.6 Å². The van der Waals surface area contributed by atoms with Gasteiger partial charge in [0.25, 0.3) is 0 Å². The fourth-order valence-corrected chi connectivity index (χ4v) is 3.03. The topological polar surface area (TPSA) is 57.6 Å². The zero-order valence-corrected chi connectivity index (χ0v) is 11.3. The molecular formula is C10H11ClF3NO3S. The molecule has 0 bridgehead atoms. The number of benzene rings is 1. The Balaban J connectivity index is 3.20. The van der Waals surface area contributed by atoms with E-state index in [1.165, 1.54) is 12.1 Å². The molecule has 4 nitrogen and oxygen atoms in total. The van der Waals surface area contributed by atoms with E-state index in [0.29, 0.717) is 0 Å². The highest BCUT2D eigenvalue weighted by Gasteiger charge is 2.35. The van der Waals surface area contributed by atoms with Crippen molar-refractivity contribution in [3.05, 3.63) is 28.8 Å². The van der Waals surface area contributed by atoms with Crippen LogP contribution in [0.4, 0.5) is 13.2 Å². The van der Waals surface area contributed by atoms with Crippen molar-refractivity contribution in [1.29, 1.82) is 0 Å². The molecule has 1 rings (SSSR count). The molecule has 0 atom stereocenters. The van der Waals surface area contributed by atoms with Crippen molar-refractivity contribution >= 4 is 21.6 Å². The maximum Gasteiger partial charge on any atom is 0.402 e. The first-order valence-electron chi connectivity index (χ1n) is 5.00. The molecule has 0 saturated heterocycles. The highest BCUT2D eigenvalue weighted by molar-refractivity contribution is 7.89. The summed E-state index contributed by atoms with van der Waals surface area (Å²) in [6, 6.07) is 3.64. The first-order valence-corrected chi connectivity index (χ1v) is 6.82. The standard InChI is InChI=1S/C10H11ClF3NO3S/c1-15(6-10(12,13)14)19(17,18)9-4-7(5-16)2-3-8(9)11/h2-4,16H,5-6H2,1H3. The molecular weight excluding hydrogens is 307 g/mol. The van der Waals surface area contributed by atoms with Crippen molar-refractivity contribution in [2.75, 3.05) is 13.6 Å². The van der Waals surface area contributed by atoms with Crippen molar-refractivity contribution in [2.24, 2.45) is 0 Å². The number of aliphatic hydroxyl groups excluding tert-OH is 1. The minimum Gasteiger partial charge on any atom is -0.392 e. The van der Waals surface area contributed by atoms with Gasteiger partial charge in [0.15, 0.2) is 0 Å². The SMILES string of the molecule is CN(CC(F)(F)F)S(=O)(=O)c1cc(CO)ccc1Cl. The summed E-state index contributed by atoms with van der Waals surface area (Å²) in [5, 5.41) is 8.71. The van der Waals surface area contributed by atoms with E-state index in [0.717, 1.165) is 13.1 Å². The van der Waals surface area contributed by atoms with Gasteiger partial charge in [0.2, 0.25) is 10.0 Å². The lowest BCUT2D eigenvalue weighted by atomic mass is 10.2. The maximum atomic E-state index is 12.2. The van der Waals surface area contributed by atoms with Crippen molar-refractivity contribution in [1.82, 2.24) is 4.31 Å². The molecule has 0 spiro atoms. The largest absolute Gasteiger partial charge is 0.402 e. The summed E-state index contributed by atoms with van der Waals surface area (Å²) in [6.45, 7) is -2.06. The van der Waals surface area contributed by atoms with Gasteiger partial charge in [0.1, 0.15) is 11.4 Å². The lowest BCUT2D eigenvalue weighted by molar-refractivity contribution is -0.134. The van der Waals surface area contributed by atoms with Gasteiger partial charge in [-0.15, -0.1) is 0 Å². The number of aliphatic hydroxyl groups is 1. The van der Waals surface area contributed by atoms with Crippen molar-refractivity contribution in [3.63, 3.8) is 0 Å².